The number of ether oxygens (including phenoxy) is 1. The maximum Gasteiger partial charge on any atom is 0.417 e. The first-order valence-electron chi connectivity index (χ1n) is 12.2. The molecule has 4 rings (SSSR count). The van der Waals surface area contributed by atoms with Gasteiger partial charge in [-0.05, 0) is 48.9 Å². The van der Waals surface area contributed by atoms with Crippen molar-refractivity contribution in [2.24, 2.45) is 5.10 Å². The molecule has 0 fully saturated rings. The molecule has 0 aliphatic carbocycles. The van der Waals surface area contributed by atoms with Crippen molar-refractivity contribution in [3.05, 3.63) is 100 Å². The van der Waals surface area contributed by atoms with Gasteiger partial charge in [0.15, 0.2) is 0 Å². The van der Waals surface area contributed by atoms with Crippen molar-refractivity contribution in [2.75, 3.05) is 24.5 Å². The molecule has 3 aromatic rings. The molecule has 14 heteroatoms. The van der Waals surface area contributed by atoms with E-state index in [-0.39, 0.29) is 12.2 Å². The van der Waals surface area contributed by atoms with E-state index < -0.39 is 51.7 Å². The summed E-state index contributed by atoms with van der Waals surface area (Å²) in [6, 6.07) is 15.9. The SMILES string of the molecule is COC(=O)SN(C(=O)CN1CC(C)(c2ccccc2)C(c2ccc(C(F)(F)F)c(Cl)c2)=N1)c1ccc(C(F)(F)F)cc1. The Morgan fingerprint density at radius 1 is 1.00 bits per heavy atom. The molecular formula is C28H22ClF6N3O3S. The van der Waals surface area contributed by atoms with Crippen LogP contribution in [0.15, 0.2) is 77.9 Å². The van der Waals surface area contributed by atoms with Gasteiger partial charge in [0.1, 0.15) is 6.54 Å². The number of benzene rings is 3. The molecule has 1 amide bonds. The Kier molecular flexibility index (Phi) is 8.84. The highest BCUT2D eigenvalue weighted by molar-refractivity contribution is 8.15. The van der Waals surface area contributed by atoms with Crippen molar-refractivity contribution >= 4 is 46.2 Å². The number of rotatable bonds is 5. The zero-order valence-electron chi connectivity index (χ0n) is 22.0. The average Bonchev–Trinajstić information content (AvgIpc) is 3.27. The van der Waals surface area contributed by atoms with Gasteiger partial charge in [0.25, 0.3) is 5.91 Å². The van der Waals surface area contributed by atoms with Crippen LogP contribution in [-0.4, -0.2) is 42.1 Å². The van der Waals surface area contributed by atoms with E-state index in [2.05, 4.69) is 9.84 Å². The minimum Gasteiger partial charge on any atom is -0.460 e. The van der Waals surface area contributed by atoms with E-state index in [0.29, 0.717) is 23.2 Å². The summed E-state index contributed by atoms with van der Waals surface area (Å²) in [6.45, 7) is 1.50. The Morgan fingerprint density at radius 3 is 2.19 bits per heavy atom. The normalized spacial score (nSPS) is 17.2. The largest absolute Gasteiger partial charge is 0.460 e. The molecule has 42 heavy (non-hydrogen) atoms. The Bertz CT molecular complexity index is 1500. The molecule has 1 heterocycles. The van der Waals surface area contributed by atoms with Gasteiger partial charge in [0, 0.05) is 5.56 Å². The minimum atomic E-state index is -4.66. The molecular weight excluding hydrogens is 608 g/mol. The summed E-state index contributed by atoms with van der Waals surface area (Å²) in [5, 5.41) is 4.55. The number of carbonyl (C=O) groups is 2. The van der Waals surface area contributed by atoms with Crippen molar-refractivity contribution in [1.82, 2.24) is 5.01 Å². The first kappa shape index (κ1) is 31.2. The zero-order valence-corrected chi connectivity index (χ0v) is 23.5. The number of nitrogens with zero attached hydrogens (tertiary/aromatic N) is 3. The summed E-state index contributed by atoms with van der Waals surface area (Å²) in [4.78, 5) is 25.5. The first-order chi connectivity index (χ1) is 19.6. The number of anilines is 1. The molecule has 222 valence electrons. The van der Waals surface area contributed by atoms with E-state index in [0.717, 1.165) is 53.4 Å². The van der Waals surface area contributed by atoms with Crippen LogP contribution in [0.3, 0.4) is 0 Å². The maximum absolute atomic E-state index is 13.5. The van der Waals surface area contributed by atoms with Gasteiger partial charge in [-0.3, -0.25) is 9.80 Å². The predicted molar refractivity (Wildman–Crippen MR) is 147 cm³/mol. The molecule has 0 saturated heterocycles. The second-order valence-corrected chi connectivity index (χ2v) is 10.7. The van der Waals surface area contributed by atoms with Crippen molar-refractivity contribution < 1.29 is 40.7 Å². The number of halogens is 7. The number of methoxy groups -OCH3 is 1. The molecule has 1 aliphatic heterocycles. The van der Waals surface area contributed by atoms with Crippen LogP contribution in [0.25, 0.3) is 0 Å². The van der Waals surface area contributed by atoms with E-state index in [1.807, 2.05) is 19.1 Å². The van der Waals surface area contributed by atoms with E-state index in [1.165, 1.54) is 11.1 Å². The molecule has 0 bridgehead atoms. The van der Waals surface area contributed by atoms with Crippen molar-refractivity contribution in [3.63, 3.8) is 0 Å². The molecule has 0 saturated carbocycles. The number of carbonyl (C=O) groups excluding carboxylic acids is 2. The smallest absolute Gasteiger partial charge is 0.417 e. The molecule has 0 N–H and O–H groups in total. The highest BCUT2D eigenvalue weighted by atomic mass is 35.5. The fourth-order valence-corrected chi connectivity index (χ4v) is 5.38. The molecule has 1 unspecified atom stereocenters. The quantitative estimate of drug-likeness (QED) is 0.164. The summed E-state index contributed by atoms with van der Waals surface area (Å²) in [5.41, 5.74) is -1.45. The second-order valence-electron chi connectivity index (χ2n) is 9.44. The number of hydrogen-bond donors (Lipinski definition) is 0. The predicted octanol–water partition coefficient (Wildman–Crippen LogP) is 7.80. The lowest BCUT2D eigenvalue weighted by Crippen LogP contribution is -2.39. The molecule has 1 atom stereocenters. The summed E-state index contributed by atoms with van der Waals surface area (Å²) >= 11 is 6.34. The summed E-state index contributed by atoms with van der Waals surface area (Å²) in [7, 11) is 1.09. The molecule has 0 spiro atoms. The third kappa shape index (κ3) is 6.67. The maximum atomic E-state index is 13.5. The Morgan fingerprint density at radius 2 is 1.64 bits per heavy atom. The fraction of sp³-hybridized carbons (Fsp3) is 0.250. The fourth-order valence-electron chi connectivity index (χ4n) is 4.49. The number of hydrogen-bond acceptors (Lipinski definition) is 6. The van der Waals surface area contributed by atoms with Crippen LogP contribution < -0.4 is 4.31 Å². The lowest BCUT2D eigenvalue weighted by atomic mass is 9.76. The van der Waals surface area contributed by atoms with Gasteiger partial charge in [0.2, 0.25) is 0 Å². The molecule has 0 aromatic heterocycles. The van der Waals surface area contributed by atoms with Gasteiger partial charge >= 0.3 is 17.7 Å². The van der Waals surface area contributed by atoms with Crippen molar-refractivity contribution in [1.29, 1.82) is 0 Å². The van der Waals surface area contributed by atoms with Gasteiger partial charge in [-0.2, -0.15) is 31.4 Å². The van der Waals surface area contributed by atoms with E-state index >= 15 is 0 Å². The monoisotopic (exact) mass is 629 g/mol. The highest BCUT2D eigenvalue weighted by Crippen LogP contribution is 2.39. The van der Waals surface area contributed by atoms with Gasteiger partial charge in [-0.25, -0.2) is 9.10 Å². The van der Waals surface area contributed by atoms with Gasteiger partial charge in [-0.15, -0.1) is 0 Å². The summed E-state index contributed by atoms with van der Waals surface area (Å²) < 4.78 is 84.7. The van der Waals surface area contributed by atoms with E-state index in [9.17, 15) is 35.9 Å². The van der Waals surface area contributed by atoms with Crippen molar-refractivity contribution in [2.45, 2.75) is 24.7 Å². The Labute approximate surface area is 246 Å². The van der Waals surface area contributed by atoms with Crippen LogP contribution in [-0.2, 0) is 27.3 Å². The third-order valence-corrected chi connectivity index (χ3v) is 7.75. The summed E-state index contributed by atoms with van der Waals surface area (Å²) in [6.07, 6.45) is -9.26. The third-order valence-electron chi connectivity index (χ3n) is 6.53. The van der Waals surface area contributed by atoms with Crippen LogP contribution in [0.1, 0.15) is 29.2 Å². The van der Waals surface area contributed by atoms with Gasteiger partial charge in [0.05, 0.1) is 58.6 Å². The second kappa shape index (κ2) is 11.9. The lowest BCUT2D eigenvalue weighted by Gasteiger charge is -2.28. The molecule has 0 radical (unpaired) electrons. The standard InChI is InChI=1S/C28H22ClF6N3O3S/c1-26(18-6-4-3-5-7-18)16-37(36-24(26)17-8-13-21(22(29)14-17)28(33,34)35)15-23(39)38(42-25(40)41-2)20-11-9-19(10-12-20)27(30,31)32/h3-14H,15-16H2,1-2H3. The van der Waals surface area contributed by atoms with E-state index in [1.54, 1.807) is 18.2 Å². The molecule has 3 aromatic carbocycles. The molecule has 6 nitrogen and oxygen atoms in total. The van der Waals surface area contributed by atoms with Crippen LogP contribution in [0.2, 0.25) is 5.02 Å². The minimum absolute atomic E-state index is 0.00728. The van der Waals surface area contributed by atoms with Gasteiger partial charge in [-0.1, -0.05) is 48.0 Å². The topological polar surface area (TPSA) is 62.2 Å². The van der Waals surface area contributed by atoms with Crippen LogP contribution in [0.4, 0.5) is 36.8 Å². The Hall–Kier alpha value is -3.71. The van der Waals surface area contributed by atoms with E-state index in [4.69, 9.17) is 11.6 Å². The lowest BCUT2D eigenvalue weighted by molar-refractivity contribution is -0.138. The van der Waals surface area contributed by atoms with Crippen LogP contribution >= 0.6 is 23.5 Å². The van der Waals surface area contributed by atoms with Crippen molar-refractivity contribution in [3.8, 4) is 0 Å². The van der Waals surface area contributed by atoms with Gasteiger partial charge < -0.3 is 4.74 Å². The number of alkyl halides is 6. The number of amides is 1. The first-order valence-corrected chi connectivity index (χ1v) is 13.3. The number of hydrazone groups is 1. The highest BCUT2D eigenvalue weighted by Gasteiger charge is 2.43. The summed E-state index contributed by atoms with van der Waals surface area (Å²) in [5.74, 6) is -0.712. The van der Waals surface area contributed by atoms with Crippen LogP contribution in [0, 0.1) is 0 Å². The Balaban J connectivity index is 1.69. The zero-order chi connectivity index (χ0) is 30.9. The molecule has 1 aliphatic rings. The average molecular weight is 630 g/mol. The van der Waals surface area contributed by atoms with Crippen LogP contribution in [0.5, 0.6) is 0 Å².